The van der Waals surface area contributed by atoms with Gasteiger partial charge in [-0.3, -0.25) is 4.79 Å². The average molecular weight is 391 g/mol. The first-order valence-corrected chi connectivity index (χ1v) is 9.44. The number of nitrogens with zero attached hydrogens (tertiary/aromatic N) is 2. The number of aromatic nitrogens is 2. The molecule has 0 spiro atoms. The highest BCUT2D eigenvalue weighted by atomic mass is 19.1. The normalized spacial score (nSPS) is 18.0. The van der Waals surface area contributed by atoms with Crippen LogP contribution in [0.3, 0.4) is 0 Å². The molecule has 0 unspecified atom stereocenters. The van der Waals surface area contributed by atoms with Gasteiger partial charge in [0.25, 0.3) is 0 Å². The Morgan fingerprint density at radius 3 is 2.86 bits per heavy atom. The van der Waals surface area contributed by atoms with Gasteiger partial charge in [0.15, 0.2) is 0 Å². The van der Waals surface area contributed by atoms with E-state index in [1.807, 2.05) is 54.1 Å². The van der Waals surface area contributed by atoms with Crippen molar-refractivity contribution in [1.29, 1.82) is 0 Å². The molecule has 1 N–H and O–H groups in total. The molecule has 1 amide bonds. The molecule has 4 rings (SSSR count). The van der Waals surface area contributed by atoms with Gasteiger partial charge in [-0.15, -0.1) is 0 Å². The summed E-state index contributed by atoms with van der Waals surface area (Å²) in [5.74, 6) is 0.346. The summed E-state index contributed by atoms with van der Waals surface area (Å²) in [6.07, 6.45) is 6.07. The van der Waals surface area contributed by atoms with Crippen LogP contribution in [0.5, 0.6) is 5.75 Å². The van der Waals surface area contributed by atoms with Crippen LogP contribution >= 0.6 is 0 Å². The minimum absolute atomic E-state index is 0.321. The lowest BCUT2D eigenvalue weighted by atomic mass is 10.1. The fourth-order valence-electron chi connectivity index (χ4n) is 3.64. The summed E-state index contributed by atoms with van der Waals surface area (Å²) in [5.41, 5.74) is 4.19. The molecule has 1 aliphatic carbocycles. The molecule has 0 aliphatic heterocycles. The number of ether oxygens (including phenoxy) is 1. The maximum Gasteiger partial charge on any atom is 0.244 e. The lowest BCUT2D eigenvalue weighted by molar-refractivity contribution is -0.117. The Morgan fingerprint density at radius 1 is 1.31 bits per heavy atom. The summed E-state index contributed by atoms with van der Waals surface area (Å²) < 4.78 is 21.9. The van der Waals surface area contributed by atoms with Gasteiger partial charge in [0.1, 0.15) is 11.9 Å². The van der Waals surface area contributed by atoms with Gasteiger partial charge in [-0.05, 0) is 48.2 Å². The molecule has 0 saturated heterocycles. The zero-order valence-electron chi connectivity index (χ0n) is 16.3. The van der Waals surface area contributed by atoms with Crippen molar-refractivity contribution in [2.24, 2.45) is 0 Å². The quantitative estimate of drug-likeness (QED) is 0.670. The minimum atomic E-state index is -1.18. The standard InChI is InChI=1S/C23H22FN3O2/c1-15-13-27(14-25-15)20-9-7-16(11-21(20)29-2)8-10-22(28)26-19-12-17-5-3-4-6-18(17)23(19)24/h3-11,13-14,19,23H,12H2,1-2H3,(H,26,28)/t19-,23+/m0/s1. The molecule has 2 aromatic carbocycles. The first-order chi connectivity index (χ1) is 14.0. The van der Waals surface area contributed by atoms with Gasteiger partial charge in [-0.2, -0.15) is 0 Å². The Kier molecular flexibility index (Phi) is 5.16. The number of hydrogen-bond donors (Lipinski definition) is 1. The predicted molar refractivity (Wildman–Crippen MR) is 110 cm³/mol. The van der Waals surface area contributed by atoms with E-state index in [4.69, 9.17) is 4.74 Å². The van der Waals surface area contributed by atoms with Crippen molar-refractivity contribution in [2.75, 3.05) is 7.11 Å². The fourth-order valence-corrected chi connectivity index (χ4v) is 3.64. The highest BCUT2D eigenvalue weighted by Gasteiger charge is 2.32. The monoisotopic (exact) mass is 391 g/mol. The predicted octanol–water partition coefficient (Wildman–Crippen LogP) is 3.95. The van der Waals surface area contributed by atoms with Crippen LogP contribution in [-0.4, -0.2) is 28.6 Å². The van der Waals surface area contributed by atoms with Gasteiger partial charge in [-0.1, -0.05) is 30.3 Å². The van der Waals surface area contributed by atoms with Gasteiger partial charge in [0.2, 0.25) is 5.91 Å². The molecule has 2 atom stereocenters. The fraction of sp³-hybridized carbons (Fsp3) is 0.217. The average Bonchev–Trinajstić information content (AvgIpc) is 3.30. The van der Waals surface area contributed by atoms with Crippen molar-refractivity contribution >= 4 is 12.0 Å². The van der Waals surface area contributed by atoms with E-state index in [1.54, 1.807) is 25.6 Å². The number of nitrogens with one attached hydrogen (secondary N) is 1. The van der Waals surface area contributed by atoms with E-state index < -0.39 is 12.2 Å². The summed E-state index contributed by atoms with van der Waals surface area (Å²) in [6.45, 7) is 1.92. The van der Waals surface area contributed by atoms with Crippen molar-refractivity contribution in [3.63, 3.8) is 0 Å². The van der Waals surface area contributed by atoms with Gasteiger partial charge in [0, 0.05) is 12.3 Å². The molecular formula is C23H22FN3O2. The molecule has 1 aromatic heterocycles. The topological polar surface area (TPSA) is 56.1 Å². The number of carbonyl (C=O) groups excluding carboxylic acids is 1. The van der Waals surface area contributed by atoms with E-state index in [0.717, 1.165) is 22.5 Å². The summed E-state index contributed by atoms with van der Waals surface area (Å²) in [6, 6.07) is 12.5. The highest BCUT2D eigenvalue weighted by Crippen LogP contribution is 2.34. The van der Waals surface area contributed by atoms with Crippen LogP contribution < -0.4 is 10.1 Å². The first kappa shape index (κ1) is 18.9. The molecule has 0 fully saturated rings. The summed E-state index contributed by atoms with van der Waals surface area (Å²) in [5, 5.41) is 2.77. The van der Waals surface area contributed by atoms with E-state index in [-0.39, 0.29) is 5.91 Å². The zero-order chi connectivity index (χ0) is 20.4. The van der Waals surface area contributed by atoms with Crippen LogP contribution in [0.25, 0.3) is 11.8 Å². The zero-order valence-corrected chi connectivity index (χ0v) is 16.3. The van der Waals surface area contributed by atoms with Gasteiger partial charge >= 0.3 is 0 Å². The van der Waals surface area contributed by atoms with Crippen LogP contribution in [0.1, 0.15) is 28.6 Å². The van der Waals surface area contributed by atoms with Crippen molar-refractivity contribution in [1.82, 2.24) is 14.9 Å². The van der Waals surface area contributed by atoms with Crippen LogP contribution in [0.15, 0.2) is 61.1 Å². The Bertz CT molecular complexity index is 1070. The molecule has 0 saturated carbocycles. The molecule has 0 bridgehead atoms. The van der Waals surface area contributed by atoms with Gasteiger partial charge < -0.3 is 14.6 Å². The number of methoxy groups -OCH3 is 1. The number of aryl methyl sites for hydroxylation is 1. The highest BCUT2D eigenvalue weighted by molar-refractivity contribution is 5.92. The third-order valence-corrected chi connectivity index (χ3v) is 5.09. The Labute approximate surface area is 168 Å². The number of alkyl halides is 1. The van der Waals surface area contributed by atoms with Crippen LogP contribution in [-0.2, 0) is 11.2 Å². The SMILES string of the molecule is COc1cc(C=CC(=O)N[C@H]2Cc3ccccc3[C@H]2F)ccc1-n1cnc(C)c1. The van der Waals surface area contributed by atoms with Gasteiger partial charge in [-0.25, -0.2) is 9.37 Å². The van der Waals surface area contributed by atoms with E-state index in [0.29, 0.717) is 17.7 Å². The van der Waals surface area contributed by atoms with E-state index >= 15 is 0 Å². The van der Waals surface area contributed by atoms with Crippen molar-refractivity contribution in [3.8, 4) is 11.4 Å². The first-order valence-electron chi connectivity index (χ1n) is 9.44. The number of imidazole rings is 1. The number of carbonyl (C=O) groups is 1. The number of benzene rings is 2. The summed E-state index contributed by atoms with van der Waals surface area (Å²) >= 11 is 0. The number of amides is 1. The second kappa shape index (κ2) is 7.91. The molecule has 29 heavy (non-hydrogen) atoms. The Hall–Kier alpha value is -3.41. The van der Waals surface area contributed by atoms with Crippen LogP contribution in [0.2, 0.25) is 0 Å². The molecule has 148 valence electrons. The Balaban J connectivity index is 1.44. The number of halogens is 1. The number of hydrogen-bond acceptors (Lipinski definition) is 3. The van der Waals surface area contributed by atoms with Crippen molar-refractivity contribution in [3.05, 3.63) is 83.4 Å². The molecule has 1 aliphatic rings. The summed E-state index contributed by atoms with van der Waals surface area (Å²) in [7, 11) is 1.60. The van der Waals surface area contributed by atoms with E-state index in [9.17, 15) is 9.18 Å². The smallest absolute Gasteiger partial charge is 0.244 e. The third kappa shape index (κ3) is 3.92. The van der Waals surface area contributed by atoms with Crippen LogP contribution in [0, 0.1) is 6.92 Å². The summed E-state index contributed by atoms with van der Waals surface area (Å²) in [4.78, 5) is 16.5. The van der Waals surface area contributed by atoms with E-state index in [2.05, 4.69) is 10.3 Å². The number of rotatable bonds is 5. The van der Waals surface area contributed by atoms with Crippen molar-refractivity contribution in [2.45, 2.75) is 25.6 Å². The second-order valence-corrected chi connectivity index (χ2v) is 7.11. The molecule has 6 heteroatoms. The molecule has 5 nitrogen and oxygen atoms in total. The van der Waals surface area contributed by atoms with Gasteiger partial charge in [0.05, 0.1) is 30.9 Å². The minimum Gasteiger partial charge on any atom is -0.495 e. The van der Waals surface area contributed by atoms with Crippen LogP contribution in [0.4, 0.5) is 4.39 Å². The molecule has 3 aromatic rings. The Morgan fingerprint density at radius 2 is 2.14 bits per heavy atom. The molecule has 0 radical (unpaired) electrons. The van der Waals surface area contributed by atoms with E-state index in [1.165, 1.54) is 6.08 Å². The third-order valence-electron chi connectivity index (χ3n) is 5.09. The molecular weight excluding hydrogens is 369 g/mol. The largest absolute Gasteiger partial charge is 0.495 e. The maximum atomic E-state index is 14.5. The second-order valence-electron chi connectivity index (χ2n) is 7.11. The lowest BCUT2D eigenvalue weighted by Gasteiger charge is -2.14. The molecule has 1 heterocycles. The maximum absolute atomic E-state index is 14.5. The lowest BCUT2D eigenvalue weighted by Crippen LogP contribution is -2.35. The van der Waals surface area contributed by atoms with Crippen molar-refractivity contribution < 1.29 is 13.9 Å². The number of fused-ring (bicyclic) bond motifs is 1.